The summed E-state index contributed by atoms with van der Waals surface area (Å²) in [6.07, 6.45) is 0.752. The molecule has 0 radical (unpaired) electrons. The van der Waals surface area contributed by atoms with Gasteiger partial charge in [-0.15, -0.1) is 0 Å². The van der Waals surface area contributed by atoms with E-state index >= 15 is 0 Å². The van der Waals surface area contributed by atoms with Gasteiger partial charge in [0.25, 0.3) is 0 Å². The van der Waals surface area contributed by atoms with Crippen LogP contribution in [0.25, 0.3) is 0 Å². The summed E-state index contributed by atoms with van der Waals surface area (Å²) in [6, 6.07) is 0.271. The molecule has 4 atom stereocenters. The number of hydrogen-bond donors (Lipinski definition) is 2. The van der Waals surface area contributed by atoms with Crippen molar-refractivity contribution in [2.75, 3.05) is 34.0 Å². The number of hydrogen-bond acceptors (Lipinski definition) is 5. The maximum Gasteiger partial charge on any atom is 0.0986 e. The van der Waals surface area contributed by atoms with Crippen LogP contribution in [0.15, 0.2) is 0 Å². The van der Waals surface area contributed by atoms with Crippen LogP contribution < -0.4 is 5.32 Å². The van der Waals surface area contributed by atoms with Gasteiger partial charge in [-0.25, -0.2) is 0 Å². The lowest BCUT2D eigenvalue weighted by atomic mass is 9.85. The lowest BCUT2D eigenvalue weighted by Gasteiger charge is -2.43. The summed E-state index contributed by atoms with van der Waals surface area (Å²) in [5.74, 6) is 0. The lowest BCUT2D eigenvalue weighted by molar-refractivity contribution is -0.132. The maximum absolute atomic E-state index is 9.49. The van der Waals surface area contributed by atoms with Gasteiger partial charge in [0.15, 0.2) is 0 Å². The highest BCUT2D eigenvalue weighted by molar-refractivity contribution is 4.97. The zero-order valence-electron chi connectivity index (χ0n) is 10.3. The molecule has 0 aromatic rings. The molecule has 1 saturated carbocycles. The van der Waals surface area contributed by atoms with Gasteiger partial charge in [-0.05, 0) is 13.3 Å². The molecule has 4 unspecified atom stereocenters. The molecule has 0 saturated heterocycles. The third kappa shape index (κ3) is 3.68. The minimum absolute atomic E-state index is 0.0923. The van der Waals surface area contributed by atoms with Crippen molar-refractivity contribution in [2.45, 2.75) is 37.7 Å². The zero-order chi connectivity index (χ0) is 12.0. The van der Waals surface area contributed by atoms with Gasteiger partial charge < -0.3 is 24.6 Å². The van der Waals surface area contributed by atoms with E-state index in [1.807, 2.05) is 6.92 Å². The Labute approximate surface area is 97.1 Å². The molecule has 0 spiro atoms. The Morgan fingerprint density at radius 2 is 2.19 bits per heavy atom. The Morgan fingerprint density at radius 1 is 1.44 bits per heavy atom. The van der Waals surface area contributed by atoms with Crippen molar-refractivity contribution in [1.29, 1.82) is 0 Å². The van der Waals surface area contributed by atoms with E-state index in [0.717, 1.165) is 6.42 Å². The standard InChI is InChI=1S/C11H23NO4/c1-4-16-10-5-9(11(10)15-3)12-6-8(13)7-14-2/h8-13H,4-7H2,1-3H3. The van der Waals surface area contributed by atoms with Gasteiger partial charge in [0, 0.05) is 33.4 Å². The molecule has 0 amide bonds. The fourth-order valence-electron chi connectivity index (χ4n) is 2.01. The van der Waals surface area contributed by atoms with E-state index in [-0.39, 0.29) is 18.2 Å². The molecule has 0 aromatic heterocycles. The molecule has 0 aromatic carbocycles. The minimum Gasteiger partial charge on any atom is -0.389 e. The summed E-state index contributed by atoms with van der Waals surface area (Å²) in [6.45, 7) is 3.57. The van der Waals surface area contributed by atoms with Gasteiger partial charge in [0.2, 0.25) is 0 Å². The first-order valence-corrected chi connectivity index (χ1v) is 5.77. The first-order valence-electron chi connectivity index (χ1n) is 5.77. The average Bonchev–Trinajstić information content (AvgIpc) is 2.23. The topological polar surface area (TPSA) is 60.0 Å². The average molecular weight is 233 g/mol. The molecule has 1 rings (SSSR count). The first-order chi connectivity index (χ1) is 7.72. The molecule has 1 aliphatic rings. The molecule has 96 valence electrons. The summed E-state index contributed by atoms with van der Waals surface area (Å²) in [7, 11) is 3.27. The van der Waals surface area contributed by atoms with E-state index in [2.05, 4.69) is 5.32 Å². The van der Waals surface area contributed by atoms with Crippen LogP contribution in [-0.4, -0.2) is 63.4 Å². The highest BCUT2D eigenvalue weighted by Crippen LogP contribution is 2.26. The first kappa shape index (κ1) is 13.9. The van der Waals surface area contributed by atoms with Crippen molar-refractivity contribution in [1.82, 2.24) is 5.32 Å². The van der Waals surface area contributed by atoms with Crippen LogP contribution in [0.1, 0.15) is 13.3 Å². The summed E-state index contributed by atoms with van der Waals surface area (Å²) >= 11 is 0. The Bertz CT molecular complexity index is 191. The highest BCUT2D eigenvalue weighted by Gasteiger charge is 2.41. The van der Waals surface area contributed by atoms with E-state index in [0.29, 0.717) is 19.8 Å². The zero-order valence-corrected chi connectivity index (χ0v) is 10.3. The quantitative estimate of drug-likeness (QED) is 0.607. The second-order valence-electron chi connectivity index (χ2n) is 4.05. The van der Waals surface area contributed by atoms with E-state index in [1.165, 1.54) is 0 Å². The molecule has 0 bridgehead atoms. The summed E-state index contributed by atoms with van der Waals surface area (Å²) in [5.41, 5.74) is 0. The molecular formula is C11H23NO4. The Hall–Kier alpha value is -0.200. The molecule has 5 heteroatoms. The fraction of sp³-hybridized carbons (Fsp3) is 1.00. The Kier molecular flexibility index (Phi) is 6.23. The van der Waals surface area contributed by atoms with E-state index < -0.39 is 6.10 Å². The van der Waals surface area contributed by atoms with Crippen LogP contribution in [-0.2, 0) is 14.2 Å². The largest absolute Gasteiger partial charge is 0.389 e. The van der Waals surface area contributed by atoms with Gasteiger partial charge in [-0.2, -0.15) is 0 Å². The number of methoxy groups -OCH3 is 2. The van der Waals surface area contributed by atoms with Crippen molar-refractivity contribution in [3.05, 3.63) is 0 Å². The number of aliphatic hydroxyl groups is 1. The Morgan fingerprint density at radius 3 is 2.75 bits per heavy atom. The summed E-state index contributed by atoms with van der Waals surface area (Å²) in [4.78, 5) is 0. The van der Waals surface area contributed by atoms with Crippen molar-refractivity contribution >= 4 is 0 Å². The predicted molar refractivity (Wildman–Crippen MR) is 60.5 cm³/mol. The fourth-order valence-corrected chi connectivity index (χ4v) is 2.01. The summed E-state index contributed by atoms with van der Waals surface area (Å²) in [5, 5.41) is 12.7. The maximum atomic E-state index is 9.49. The van der Waals surface area contributed by atoms with Gasteiger partial charge in [-0.3, -0.25) is 0 Å². The SMILES string of the molecule is CCOC1CC(NCC(O)COC)C1OC. The smallest absolute Gasteiger partial charge is 0.0986 e. The number of rotatable bonds is 8. The van der Waals surface area contributed by atoms with Crippen LogP contribution in [0.4, 0.5) is 0 Å². The second kappa shape index (κ2) is 7.19. The van der Waals surface area contributed by atoms with E-state index in [4.69, 9.17) is 14.2 Å². The van der Waals surface area contributed by atoms with E-state index in [9.17, 15) is 5.11 Å². The van der Waals surface area contributed by atoms with Crippen molar-refractivity contribution < 1.29 is 19.3 Å². The van der Waals surface area contributed by atoms with Crippen molar-refractivity contribution in [2.24, 2.45) is 0 Å². The monoisotopic (exact) mass is 233 g/mol. The Balaban J connectivity index is 2.19. The number of aliphatic hydroxyl groups excluding tert-OH is 1. The molecule has 0 heterocycles. The predicted octanol–water partition coefficient (Wildman–Crippen LogP) is -0.224. The van der Waals surface area contributed by atoms with Crippen LogP contribution >= 0.6 is 0 Å². The molecule has 1 fully saturated rings. The van der Waals surface area contributed by atoms with Crippen molar-refractivity contribution in [3.8, 4) is 0 Å². The second-order valence-corrected chi connectivity index (χ2v) is 4.05. The highest BCUT2D eigenvalue weighted by atomic mass is 16.5. The van der Waals surface area contributed by atoms with Gasteiger partial charge in [0.05, 0.1) is 24.9 Å². The number of nitrogens with one attached hydrogen (secondary N) is 1. The molecule has 5 nitrogen and oxygen atoms in total. The number of ether oxygens (including phenoxy) is 3. The van der Waals surface area contributed by atoms with E-state index in [1.54, 1.807) is 14.2 Å². The molecule has 16 heavy (non-hydrogen) atoms. The molecule has 2 N–H and O–H groups in total. The normalized spacial score (nSPS) is 31.1. The van der Waals surface area contributed by atoms with Crippen LogP contribution in [0.3, 0.4) is 0 Å². The molecular weight excluding hydrogens is 210 g/mol. The van der Waals surface area contributed by atoms with Gasteiger partial charge >= 0.3 is 0 Å². The van der Waals surface area contributed by atoms with Gasteiger partial charge in [-0.1, -0.05) is 0 Å². The van der Waals surface area contributed by atoms with Crippen LogP contribution in [0.5, 0.6) is 0 Å². The molecule has 1 aliphatic carbocycles. The molecule has 0 aliphatic heterocycles. The van der Waals surface area contributed by atoms with Crippen LogP contribution in [0, 0.1) is 0 Å². The third-order valence-corrected chi connectivity index (χ3v) is 2.88. The van der Waals surface area contributed by atoms with Crippen molar-refractivity contribution in [3.63, 3.8) is 0 Å². The third-order valence-electron chi connectivity index (χ3n) is 2.88. The minimum atomic E-state index is -0.464. The van der Waals surface area contributed by atoms with Crippen LogP contribution in [0.2, 0.25) is 0 Å². The van der Waals surface area contributed by atoms with Gasteiger partial charge in [0.1, 0.15) is 0 Å². The summed E-state index contributed by atoms with van der Waals surface area (Å²) < 4.78 is 15.7. The lowest BCUT2D eigenvalue weighted by Crippen LogP contribution is -2.60.